The van der Waals surface area contributed by atoms with Gasteiger partial charge in [0, 0.05) is 5.39 Å². The Bertz CT molecular complexity index is 1310. The van der Waals surface area contributed by atoms with Gasteiger partial charge in [-0.25, -0.2) is 9.97 Å². The zero-order chi connectivity index (χ0) is 18.6. The third-order valence-electron chi connectivity index (χ3n) is 3.92. The number of thiazole rings is 1. The zero-order valence-electron chi connectivity index (χ0n) is 13.3. The number of fused-ring (bicyclic) bond motifs is 4. The Kier molecular flexibility index (Phi) is 3.59. The van der Waals surface area contributed by atoms with Crippen molar-refractivity contribution in [3.05, 3.63) is 54.4 Å². The van der Waals surface area contributed by atoms with E-state index in [1.807, 2.05) is 28.7 Å². The van der Waals surface area contributed by atoms with E-state index >= 15 is 0 Å². The van der Waals surface area contributed by atoms with E-state index in [1.165, 1.54) is 17.4 Å². The molecule has 5 rings (SSSR count). The van der Waals surface area contributed by atoms with Crippen LogP contribution >= 0.6 is 23.1 Å². The number of hydrogen-bond donors (Lipinski definition) is 0. The standard InChI is InChI=1S/C17H8F3N5S2/c18-17(19,20)14-21-10-6-2-1-5-9(10)13(22-14)27-16-24-23-15-25(16)11-7-3-4-8-12(11)26-15/h1-8H. The summed E-state index contributed by atoms with van der Waals surface area (Å²) in [5.41, 5.74) is 1.14. The van der Waals surface area contributed by atoms with Crippen molar-refractivity contribution in [1.29, 1.82) is 0 Å². The van der Waals surface area contributed by atoms with Crippen molar-refractivity contribution in [1.82, 2.24) is 24.6 Å². The van der Waals surface area contributed by atoms with E-state index in [0.717, 1.165) is 22.0 Å². The maximum absolute atomic E-state index is 13.2. The number of hydrogen-bond acceptors (Lipinski definition) is 6. The molecule has 10 heteroatoms. The molecule has 5 aromatic rings. The molecule has 0 radical (unpaired) electrons. The molecule has 134 valence electrons. The summed E-state index contributed by atoms with van der Waals surface area (Å²) < 4.78 is 42.5. The topological polar surface area (TPSA) is 56.0 Å². The Hall–Kier alpha value is -2.72. The van der Waals surface area contributed by atoms with Gasteiger partial charge in [0.25, 0.3) is 0 Å². The fourth-order valence-electron chi connectivity index (χ4n) is 2.76. The summed E-state index contributed by atoms with van der Waals surface area (Å²) in [6.45, 7) is 0. The maximum Gasteiger partial charge on any atom is 0.451 e. The van der Waals surface area contributed by atoms with Crippen LogP contribution in [0.4, 0.5) is 13.2 Å². The van der Waals surface area contributed by atoms with Gasteiger partial charge in [-0.3, -0.25) is 4.40 Å². The number of para-hydroxylation sites is 2. The fourth-order valence-corrected chi connectivity index (χ4v) is 4.73. The summed E-state index contributed by atoms with van der Waals surface area (Å²) in [5.74, 6) is -1.17. The van der Waals surface area contributed by atoms with Crippen molar-refractivity contribution in [3.63, 3.8) is 0 Å². The van der Waals surface area contributed by atoms with Gasteiger partial charge in [0.2, 0.25) is 15.9 Å². The van der Waals surface area contributed by atoms with Crippen LogP contribution in [0.3, 0.4) is 0 Å². The lowest BCUT2D eigenvalue weighted by atomic mass is 10.2. The molecule has 3 heterocycles. The molecule has 0 N–H and O–H groups in total. The molecule has 27 heavy (non-hydrogen) atoms. The molecule has 0 spiro atoms. The minimum Gasteiger partial charge on any atom is -0.260 e. The molecule has 0 amide bonds. The van der Waals surface area contributed by atoms with E-state index in [2.05, 4.69) is 20.2 Å². The summed E-state index contributed by atoms with van der Waals surface area (Å²) in [7, 11) is 0. The first-order valence-electron chi connectivity index (χ1n) is 7.75. The van der Waals surface area contributed by atoms with Crippen molar-refractivity contribution in [2.45, 2.75) is 16.4 Å². The van der Waals surface area contributed by atoms with E-state index in [9.17, 15) is 13.2 Å². The largest absolute Gasteiger partial charge is 0.451 e. The lowest BCUT2D eigenvalue weighted by Gasteiger charge is -2.09. The Morgan fingerprint density at radius 1 is 0.926 bits per heavy atom. The molecule has 3 aromatic heterocycles. The number of aromatic nitrogens is 5. The second kappa shape index (κ2) is 5.89. The van der Waals surface area contributed by atoms with Gasteiger partial charge >= 0.3 is 6.18 Å². The molecule has 0 bridgehead atoms. The molecule has 0 atom stereocenters. The molecule has 0 unspecified atom stereocenters. The van der Waals surface area contributed by atoms with Gasteiger partial charge in [0.05, 0.1) is 15.7 Å². The molecule has 0 saturated heterocycles. The van der Waals surface area contributed by atoms with Crippen molar-refractivity contribution >= 4 is 49.2 Å². The first-order chi connectivity index (χ1) is 13.0. The van der Waals surface area contributed by atoms with Gasteiger partial charge in [-0.2, -0.15) is 13.2 Å². The summed E-state index contributed by atoms with van der Waals surface area (Å²) >= 11 is 2.52. The summed E-state index contributed by atoms with van der Waals surface area (Å²) in [4.78, 5) is 8.09. The second-order valence-corrected chi connectivity index (χ2v) is 7.60. The first-order valence-corrected chi connectivity index (χ1v) is 9.38. The maximum atomic E-state index is 13.2. The van der Waals surface area contributed by atoms with E-state index < -0.39 is 12.0 Å². The first kappa shape index (κ1) is 16.5. The molecule has 0 aliphatic carbocycles. The average molecular weight is 403 g/mol. The third kappa shape index (κ3) is 2.72. The summed E-state index contributed by atoms with van der Waals surface area (Å²) in [5, 5.41) is 9.48. The van der Waals surface area contributed by atoms with Crippen LogP contribution in [-0.4, -0.2) is 24.6 Å². The van der Waals surface area contributed by atoms with E-state index in [0.29, 0.717) is 15.5 Å². The predicted octanol–water partition coefficient (Wildman–Crippen LogP) is 5.06. The van der Waals surface area contributed by atoms with Crippen molar-refractivity contribution in [3.8, 4) is 0 Å². The highest BCUT2D eigenvalue weighted by atomic mass is 32.2. The normalized spacial score (nSPS) is 12.4. The van der Waals surface area contributed by atoms with E-state index in [1.54, 1.807) is 18.2 Å². The van der Waals surface area contributed by atoms with Crippen LogP contribution in [0.15, 0.2) is 58.7 Å². The van der Waals surface area contributed by atoms with Crippen LogP contribution in [0.5, 0.6) is 0 Å². The number of rotatable bonds is 2. The molecular formula is C17H8F3N5S2. The van der Waals surface area contributed by atoms with Gasteiger partial charge in [-0.15, -0.1) is 10.2 Å². The van der Waals surface area contributed by atoms with Gasteiger partial charge in [-0.1, -0.05) is 41.7 Å². The molecule has 0 aliphatic heterocycles. The predicted molar refractivity (Wildman–Crippen MR) is 97.0 cm³/mol. The van der Waals surface area contributed by atoms with Gasteiger partial charge in [0.1, 0.15) is 5.03 Å². The average Bonchev–Trinajstić information content (AvgIpc) is 3.20. The van der Waals surface area contributed by atoms with Crippen LogP contribution in [0.25, 0.3) is 26.1 Å². The Morgan fingerprint density at radius 2 is 1.70 bits per heavy atom. The van der Waals surface area contributed by atoms with Crippen molar-refractivity contribution < 1.29 is 13.2 Å². The quantitative estimate of drug-likeness (QED) is 0.386. The number of nitrogens with zero attached hydrogens (tertiary/aromatic N) is 5. The van der Waals surface area contributed by atoms with Gasteiger partial charge in [0.15, 0.2) is 0 Å². The van der Waals surface area contributed by atoms with Crippen LogP contribution < -0.4 is 0 Å². The minimum absolute atomic E-state index is 0.192. The second-order valence-electron chi connectivity index (χ2n) is 5.64. The SMILES string of the molecule is FC(F)(F)c1nc(Sc2nnc3sc4ccccc4n23)c2ccccc2n1. The molecule has 0 fully saturated rings. The van der Waals surface area contributed by atoms with Gasteiger partial charge in [-0.05, 0) is 30.0 Å². The molecule has 2 aromatic carbocycles. The van der Waals surface area contributed by atoms with Crippen molar-refractivity contribution in [2.75, 3.05) is 0 Å². The molecular weight excluding hydrogens is 395 g/mol. The fraction of sp³-hybridized carbons (Fsp3) is 0.0588. The number of halogens is 3. The Labute approximate surface area is 157 Å². The minimum atomic E-state index is -4.63. The van der Waals surface area contributed by atoms with Gasteiger partial charge < -0.3 is 0 Å². The zero-order valence-corrected chi connectivity index (χ0v) is 14.9. The van der Waals surface area contributed by atoms with Crippen LogP contribution in [0.2, 0.25) is 0 Å². The monoisotopic (exact) mass is 403 g/mol. The molecule has 0 aliphatic rings. The molecule has 0 saturated carbocycles. The number of benzene rings is 2. The van der Waals surface area contributed by atoms with Crippen LogP contribution in [0.1, 0.15) is 5.82 Å². The summed E-state index contributed by atoms with van der Waals surface area (Å²) in [6.07, 6.45) is -4.63. The van der Waals surface area contributed by atoms with Crippen molar-refractivity contribution in [2.24, 2.45) is 0 Å². The van der Waals surface area contributed by atoms with Crippen LogP contribution in [-0.2, 0) is 6.18 Å². The Morgan fingerprint density at radius 3 is 2.56 bits per heavy atom. The van der Waals surface area contributed by atoms with Crippen LogP contribution in [0, 0.1) is 0 Å². The lowest BCUT2D eigenvalue weighted by Crippen LogP contribution is -2.11. The van der Waals surface area contributed by atoms with E-state index in [4.69, 9.17) is 0 Å². The summed E-state index contributed by atoms with van der Waals surface area (Å²) in [6, 6.07) is 14.3. The lowest BCUT2D eigenvalue weighted by molar-refractivity contribution is -0.145. The highest BCUT2D eigenvalue weighted by molar-refractivity contribution is 7.99. The Balaban J connectivity index is 1.72. The highest BCUT2D eigenvalue weighted by Crippen LogP contribution is 2.36. The number of alkyl halides is 3. The van der Waals surface area contributed by atoms with E-state index in [-0.39, 0.29) is 10.5 Å². The third-order valence-corrected chi connectivity index (χ3v) is 5.88. The smallest absolute Gasteiger partial charge is 0.260 e. The molecule has 5 nitrogen and oxygen atoms in total. The highest BCUT2D eigenvalue weighted by Gasteiger charge is 2.35.